The molecule has 21 heavy (non-hydrogen) atoms. The van der Waals surface area contributed by atoms with E-state index in [0.29, 0.717) is 17.3 Å². The number of benzene rings is 1. The smallest absolute Gasteiger partial charge is 0.317 e. The summed E-state index contributed by atoms with van der Waals surface area (Å²) in [5, 5.41) is 12.3. The predicted molar refractivity (Wildman–Crippen MR) is 83.8 cm³/mol. The van der Waals surface area contributed by atoms with Crippen molar-refractivity contribution in [3.05, 3.63) is 28.8 Å². The third-order valence-corrected chi connectivity index (χ3v) is 3.71. The van der Waals surface area contributed by atoms with Crippen molar-refractivity contribution < 1.29 is 14.7 Å². The Morgan fingerprint density at radius 1 is 1.43 bits per heavy atom. The second-order valence-electron chi connectivity index (χ2n) is 4.94. The van der Waals surface area contributed by atoms with Gasteiger partial charge < -0.3 is 10.4 Å². The molecule has 0 aliphatic heterocycles. The van der Waals surface area contributed by atoms with Crippen molar-refractivity contribution in [2.75, 3.05) is 18.4 Å². The fourth-order valence-electron chi connectivity index (χ4n) is 2.02. The third kappa shape index (κ3) is 5.02. The third-order valence-electron chi connectivity index (χ3n) is 3.30. The number of carbonyl (C=O) groups excluding carboxylic acids is 1. The molecule has 1 aromatic carbocycles. The average Bonchev–Trinajstić information content (AvgIpc) is 2.42. The van der Waals surface area contributed by atoms with Crippen LogP contribution in [0.3, 0.4) is 0 Å². The monoisotopic (exact) mass is 312 g/mol. The van der Waals surface area contributed by atoms with Gasteiger partial charge in [-0.15, -0.1) is 0 Å². The SMILES string of the molecule is CCCN(CC(=O)O)C(C)C(=O)Nc1cccc(Cl)c1C. The first-order valence-electron chi connectivity index (χ1n) is 6.88. The largest absolute Gasteiger partial charge is 0.480 e. The summed E-state index contributed by atoms with van der Waals surface area (Å²) >= 11 is 6.02. The van der Waals surface area contributed by atoms with Gasteiger partial charge in [-0.3, -0.25) is 14.5 Å². The standard InChI is InChI=1S/C15H21ClN2O3/c1-4-8-18(9-14(19)20)11(3)15(21)17-13-7-5-6-12(16)10(13)2/h5-7,11H,4,8-9H2,1-3H3,(H,17,21)(H,19,20). The molecule has 116 valence electrons. The molecule has 1 rings (SSSR count). The number of nitrogens with zero attached hydrogens (tertiary/aromatic N) is 1. The van der Waals surface area contributed by atoms with Crippen molar-refractivity contribution in [3.8, 4) is 0 Å². The second-order valence-corrected chi connectivity index (χ2v) is 5.35. The van der Waals surface area contributed by atoms with Gasteiger partial charge >= 0.3 is 5.97 Å². The molecule has 5 nitrogen and oxygen atoms in total. The lowest BCUT2D eigenvalue weighted by atomic mass is 10.1. The van der Waals surface area contributed by atoms with Gasteiger partial charge in [0.15, 0.2) is 0 Å². The van der Waals surface area contributed by atoms with Gasteiger partial charge in [-0.05, 0) is 44.5 Å². The van der Waals surface area contributed by atoms with Crippen molar-refractivity contribution in [3.63, 3.8) is 0 Å². The first-order chi connectivity index (χ1) is 9.86. The highest BCUT2D eigenvalue weighted by Gasteiger charge is 2.23. The molecule has 1 unspecified atom stereocenters. The second kappa shape index (κ2) is 8.00. The minimum atomic E-state index is -0.943. The minimum absolute atomic E-state index is 0.156. The van der Waals surface area contributed by atoms with Gasteiger partial charge in [0.2, 0.25) is 5.91 Å². The Bertz CT molecular complexity index is 520. The summed E-state index contributed by atoms with van der Waals surface area (Å²) in [6.45, 7) is 5.87. The fraction of sp³-hybridized carbons (Fsp3) is 0.467. The van der Waals surface area contributed by atoms with Crippen molar-refractivity contribution >= 4 is 29.2 Å². The van der Waals surface area contributed by atoms with E-state index >= 15 is 0 Å². The molecule has 1 aromatic rings. The van der Waals surface area contributed by atoms with Crippen molar-refractivity contribution in [2.45, 2.75) is 33.2 Å². The van der Waals surface area contributed by atoms with Crippen LogP contribution in [0, 0.1) is 6.92 Å². The molecule has 0 aliphatic carbocycles. The first-order valence-corrected chi connectivity index (χ1v) is 7.26. The highest BCUT2D eigenvalue weighted by molar-refractivity contribution is 6.31. The molecule has 6 heteroatoms. The summed E-state index contributed by atoms with van der Waals surface area (Å²) in [5.74, 6) is -1.18. The molecule has 0 heterocycles. The Morgan fingerprint density at radius 2 is 2.10 bits per heavy atom. The van der Waals surface area contributed by atoms with Crippen LogP contribution >= 0.6 is 11.6 Å². The zero-order valence-corrected chi connectivity index (χ0v) is 13.3. The van der Waals surface area contributed by atoms with E-state index in [0.717, 1.165) is 12.0 Å². The van der Waals surface area contributed by atoms with Gasteiger partial charge in [0.05, 0.1) is 12.6 Å². The Balaban J connectivity index is 2.80. The number of carbonyl (C=O) groups is 2. The van der Waals surface area contributed by atoms with E-state index in [-0.39, 0.29) is 12.5 Å². The van der Waals surface area contributed by atoms with Crippen LogP contribution in [0.25, 0.3) is 0 Å². The molecular weight excluding hydrogens is 292 g/mol. The van der Waals surface area contributed by atoms with Gasteiger partial charge in [0.1, 0.15) is 0 Å². The van der Waals surface area contributed by atoms with Crippen LogP contribution in [-0.2, 0) is 9.59 Å². The lowest BCUT2D eigenvalue weighted by molar-refractivity contribution is -0.139. The molecule has 0 aliphatic rings. The van der Waals surface area contributed by atoms with E-state index in [9.17, 15) is 9.59 Å². The van der Waals surface area contributed by atoms with Crippen LogP contribution in [0.2, 0.25) is 5.02 Å². The highest BCUT2D eigenvalue weighted by atomic mass is 35.5. The summed E-state index contributed by atoms with van der Waals surface area (Å²) in [7, 11) is 0. The average molecular weight is 313 g/mol. The van der Waals surface area contributed by atoms with E-state index < -0.39 is 12.0 Å². The minimum Gasteiger partial charge on any atom is -0.480 e. The fourth-order valence-corrected chi connectivity index (χ4v) is 2.19. The maximum atomic E-state index is 12.3. The number of anilines is 1. The lowest BCUT2D eigenvalue weighted by Gasteiger charge is -2.26. The zero-order valence-electron chi connectivity index (χ0n) is 12.5. The maximum absolute atomic E-state index is 12.3. The summed E-state index contributed by atoms with van der Waals surface area (Å²) in [4.78, 5) is 24.8. The van der Waals surface area contributed by atoms with Crippen LogP contribution < -0.4 is 5.32 Å². The van der Waals surface area contributed by atoms with Crippen LogP contribution in [0.1, 0.15) is 25.8 Å². The molecule has 0 spiro atoms. The number of halogens is 1. The molecule has 2 N–H and O–H groups in total. The molecule has 0 aromatic heterocycles. The molecule has 0 bridgehead atoms. The van der Waals surface area contributed by atoms with Crippen LogP contribution in [0.5, 0.6) is 0 Å². The first kappa shape index (κ1) is 17.5. The molecule has 0 saturated heterocycles. The maximum Gasteiger partial charge on any atom is 0.317 e. The molecule has 1 amide bonds. The molecular formula is C15H21ClN2O3. The van der Waals surface area contributed by atoms with Crippen LogP contribution in [0.15, 0.2) is 18.2 Å². The van der Waals surface area contributed by atoms with Crippen molar-refractivity contribution in [2.24, 2.45) is 0 Å². The van der Waals surface area contributed by atoms with E-state index in [4.69, 9.17) is 16.7 Å². The van der Waals surface area contributed by atoms with Crippen LogP contribution in [-0.4, -0.2) is 41.0 Å². The van der Waals surface area contributed by atoms with Gasteiger partial charge in [0, 0.05) is 10.7 Å². The van der Waals surface area contributed by atoms with E-state index in [1.807, 2.05) is 13.8 Å². The van der Waals surface area contributed by atoms with Crippen molar-refractivity contribution in [1.82, 2.24) is 4.90 Å². The predicted octanol–water partition coefficient (Wildman–Crippen LogP) is 2.77. The Labute approximate surface area is 129 Å². The number of hydrogen-bond acceptors (Lipinski definition) is 3. The topological polar surface area (TPSA) is 69.6 Å². The zero-order chi connectivity index (χ0) is 16.0. The summed E-state index contributed by atoms with van der Waals surface area (Å²) < 4.78 is 0. The van der Waals surface area contributed by atoms with Gasteiger partial charge in [-0.1, -0.05) is 24.6 Å². The highest BCUT2D eigenvalue weighted by Crippen LogP contribution is 2.23. The molecule has 0 fully saturated rings. The number of amides is 1. The lowest BCUT2D eigenvalue weighted by Crippen LogP contribution is -2.45. The summed E-state index contributed by atoms with van der Waals surface area (Å²) in [6, 6.07) is 4.76. The number of rotatable bonds is 7. The van der Waals surface area contributed by atoms with E-state index in [1.165, 1.54) is 0 Å². The van der Waals surface area contributed by atoms with Crippen molar-refractivity contribution in [1.29, 1.82) is 0 Å². The Hall–Kier alpha value is -1.59. The number of carboxylic acid groups (broad SMARTS) is 1. The number of nitrogens with one attached hydrogen (secondary N) is 1. The Morgan fingerprint density at radius 3 is 2.67 bits per heavy atom. The quantitative estimate of drug-likeness (QED) is 0.812. The van der Waals surface area contributed by atoms with E-state index in [1.54, 1.807) is 30.0 Å². The summed E-state index contributed by atoms with van der Waals surface area (Å²) in [5.41, 5.74) is 1.44. The molecule has 0 saturated carbocycles. The number of aliphatic carboxylic acids is 1. The Kier molecular flexibility index (Phi) is 6.65. The van der Waals surface area contributed by atoms with Gasteiger partial charge in [-0.25, -0.2) is 0 Å². The molecule has 0 radical (unpaired) electrons. The van der Waals surface area contributed by atoms with Gasteiger partial charge in [-0.2, -0.15) is 0 Å². The normalized spacial score (nSPS) is 12.2. The molecule has 1 atom stereocenters. The summed E-state index contributed by atoms with van der Waals surface area (Å²) in [6.07, 6.45) is 0.779. The van der Waals surface area contributed by atoms with Gasteiger partial charge in [0.25, 0.3) is 0 Å². The number of carboxylic acids is 1. The van der Waals surface area contributed by atoms with E-state index in [2.05, 4.69) is 5.32 Å². The van der Waals surface area contributed by atoms with Crippen LogP contribution in [0.4, 0.5) is 5.69 Å². The number of hydrogen-bond donors (Lipinski definition) is 2.